The van der Waals surface area contributed by atoms with Gasteiger partial charge in [-0.25, -0.2) is 4.79 Å². The minimum Gasteiger partial charge on any atom is -0.467 e. The van der Waals surface area contributed by atoms with E-state index in [9.17, 15) is 9.59 Å². The zero-order chi connectivity index (χ0) is 12.7. The Balaban J connectivity index is 2.51. The number of methoxy groups -OCH3 is 1. The Kier molecular flexibility index (Phi) is 5.93. The summed E-state index contributed by atoms with van der Waals surface area (Å²) >= 11 is 0. The van der Waals surface area contributed by atoms with Gasteiger partial charge in [-0.15, -0.1) is 0 Å². The van der Waals surface area contributed by atoms with Crippen molar-refractivity contribution in [3.05, 3.63) is 0 Å². The van der Waals surface area contributed by atoms with Crippen LogP contribution in [0.2, 0.25) is 0 Å². The second kappa shape index (κ2) is 7.24. The van der Waals surface area contributed by atoms with E-state index in [1.807, 2.05) is 0 Å². The number of hydrogen-bond donors (Lipinski definition) is 1. The summed E-state index contributed by atoms with van der Waals surface area (Å²) in [5, 5.41) is 2.60. The number of carbonyl (C=O) groups excluding carboxylic acids is 2. The number of carbonyl (C=O) groups is 2. The zero-order valence-corrected chi connectivity index (χ0v) is 10.4. The fourth-order valence-electron chi connectivity index (χ4n) is 1.81. The standard InChI is InChI=1S/C11H20N2O4/c1-9(14)12-10(11(15)16-2)8-13-4-3-6-17-7-5-13/h10H,3-8H2,1-2H3,(H,12,14). The van der Waals surface area contributed by atoms with Crippen LogP contribution in [-0.2, 0) is 19.1 Å². The van der Waals surface area contributed by atoms with Crippen LogP contribution in [0.5, 0.6) is 0 Å². The zero-order valence-electron chi connectivity index (χ0n) is 10.4. The minimum atomic E-state index is -0.601. The van der Waals surface area contributed by atoms with E-state index in [0.29, 0.717) is 13.2 Å². The third-order valence-corrected chi connectivity index (χ3v) is 2.62. The lowest BCUT2D eigenvalue weighted by atomic mass is 10.2. The molecule has 6 nitrogen and oxygen atoms in total. The Morgan fingerprint density at radius 2 is 2.18 bits per heavy atom. The number of esters is 1. The van der Waals surface area contributed by atoms with Crippen LogP contribution in [0, 0.1) is 0 Å². The predicted octanol–water partition coefficient (Wildman–Crippen LogP) is -0.614. The second-order valence-electron chi connectivity index (χ2n) is 4.04. The van der Waals surface area contributed by atoms with Crippen molar-refractivity contribution in [2.75, 3.05) is 40.0 Å². The smallest absolute Gasteiger partial charge is 0.329 e. The summed E-state index contributed by atoms with van der Waals surface area (Å²) < 4.78 is 10.0. The van der Waals surface area contributed by atoms with Crippen molar-refractivity contribution in [2.45, 2.75) is 19.4 Å². The molecule has 1 fully saturated rings. The van der Waals surface area contributed by atoms with Crippen LogP contribution in [0.3, 0.4) is 0 Å². The monoisotopic (exact) mass is 244 g/mol. The molecule has 1 rings (SSSR count). The molecule has 0 aromatic carbocycles. The number of ether oxygens (including phenoxy) is 2. The van der Waals surface area contributed by atoms with Gasteiger partial charge in [0.2, 0.25) is 5.91 Å². The first-order valence-corrected chi connectivity index (χ1v) is 5.78. The van der Waals surface area contributed by atoms with E-state index in [2.05, 4.69) is 15.0 Å². The van der Waals surface area contributed by atoms with Crippen LogP contribution in [0.1, 0.15) is 13.3 Å². The Bertz CT molecular complexity index is 262. The molecule has 17 heavy (non-hydrogen) atoms. The van der Waals surface area contributed by atoms with Gasteiger partial charge in [-0.1, -0.05) is 0 Å². The molecule has 0 saturated carbocycles. The Hall–Kier alpha value is -1.14. The first-order valence-electron chi connectivity index (χ1n) is 5.78. The molecule has 98 valence electrons. The molecule has 1 amide bonds. The normalized spacial score (nSPS) is 19.2. The fraction of sp³-hybridized carbons (Fsp3) is 0.818. The predicted molar refractivity (Wildman–Crippen MR) is 61.5 cm³/mol. The van der Waals surface area contributed by atoms with E-state index >= 15 is 0 Å². The summed E-state index contributed by atoms with van der Waals surface area (Å²) in [7, 11) is 1.32. The number of nitrogens with zero attached hydrogens (tertiary/aromatic N) is 1. The first kappa shape index (κ1) is 13.9. The third kappa shape index (κ3) is 5.14. The van der Waals surface area contributed by atoms with Gasteiger partial charge in [0.15, 0.2) is 0 Å². The summed E-state index contributed by atoms with van der Waals surface area (Å²) in [6.07, 6.45) is 0.938. The number of hydrogen-bond acceptors (Lipinski definition) is 5. The molecule has 1 saturated heterocycles. The maximum absolute atomic E-state index is 11.5. The Morgan fingerprint density at radius 3 is 2.82 bits per heavy atom. The van der Waals surface area contributed by atoms with E-state index in [1.54, 1.807) is 0 Å². The largest absolute Gasteiger partial charge is 0.467 e. The molecule has 1 atom stereocenters. The molecule has 1 heterocycles. The van der Waals surface area contributed by atoms with E-state index < -0.39 is 12.0 Å². The molecule has 6 heteroatoms. The highest BCUT2D eigenvalue weighted by molar-refractivity contribution is 5.83. The summed E-state index contributed by atoms with van der Waals surface area (Å²) in [5.74, 6) is -0.642. The van der Waals surface area contributed by atoms with Crippen molar-refractivity contribution in [1.29, 1.82) is 0 Å². The average molecular weight is 244 g/mol. The molecule has 0 radical (unpaired) electrons. The Morgan fingerprint density at radius 1 is 1.41 bits per heavy atom. The number of rotatable bonds is 4. The highest BCUT2D eigenvalue weighted by Crippen LogP contribution is 2.01. The van der Waals surface area contributed by atoms with Gasteiger partial charge < -0.3 is 14.8 Å². The quantitative estimate of drug-likeness (QED) is 0.668. The van der Waals surface area contributed by atoms with Gasteiger partial charge in [0.25, 0.3) is 0 Å². The van der Waals surface area contributed by atoms with Crippen LogP contribution in [-0.4, -0.2) is 62.8 Å². The Labute approximate surface area is 101 Å². The summed E-state index contributed by atoms with van der Waals surface area (Å²) in [6, 6.07) is -0.601. The van der Waals surface area contributed by atoms with Crippen LogP contribution in [0.15, 0.2) is 0 Å². The van der Waals surface area contributed by atoms with Gasteiger partial charge in [-0.2, -0.15) is 0 Å². The average Bonchev–Trinajstić information content (AvgIpc) is 2.55. The number of nitrogens with one attached hydrogen (secondary N) is 1. The number of amides is 1. The first-order chi connectivity index (χ1) is 8.13. The van der Waals surface area contributed by atoms with Crippen molar-refractivity contribution in [3.63, 3.8) is 0 Å². The lowest BCUT2D eigenvalue weighted by Crippen LogP contribution is -2.48. The van der Waals surface area contributed by atoms with Gasteiger partial charge in [0, 0.05) is 33.2 Å². The SMILES string of the molecule is COC(=O)C(CN1CCCOCC1)NC(C)=O. The van der Waals surface area contributed by atoms with Crippen molar-refractivity contribution >= 4 is 11.9 Å². The van der Waals surface area contributed by atoms with Crippen molar-refractivity contribution in [3.8, 4) is 0 Å². The highest BCUT2D eigenvalue weighted by atomic mass is 16.5. The summed E-state index contributed by atoms with van der Waals surface area (Å²) in [5.41, 5.74) is 0. The van der Waals surface area contributed by atoms with Gasteiger partial charge in [-0.3, -0.25) is 9.69 Å². The molecular formula is C11H20N2O4. The van der Waals surface area contributed by atoms with E-state index in [-0.39, 0.29) is 5.91 Å². The molecule has 0 aromatic rings. The van der Waals surface area contributed by atoms with Crippen LogP contribution in [0.25, 0.3) is 0 Å². The summed E-state index contributed by atoms with van der Waals surface area (Å²) in [4.78, 5) is 24.6. The van der Waals surface area contributed by atoms with Crippen molar-refractivity contribution < 1.29 is 19.1 Å². The highest BCUT2D eigenvalue weighted by Gasteiger charge is 2.23. The topological polar surface area (TPSA) is 67.9 Å². The maximum Gasteiger partial charge on any atom is 0.329 e. The lowest BCUT2D eigenvalue weighted by molar-refractivity contribution is -0.145. The molecule has 0 aliphatic carbocycles. The molecule has 1 unspecified atom stereocenters. The molecule has 1 aliphatic heterocycles. The van der Waals surface area contributed by atoms with E-state index in [0.717, 1.165) is 26.1 Å². The van der Waals surface area contributed by atoms with E-state index in [4.69, 9.17) is 4.74 Å². The minimum absolute atomic E-state index is 0.230. The van der Waals surface area contributed by atoms with Crippen molar-refractivity contribution in [1.82, 2.24) is 10.2 Å². The third-order valence-electron chi connectivity index (χ3n) is 2.62. The second-order valence-corrected chi connectivity index (χ2v) is 4.04. The molecular weight excluding hydrogens is 224 g/mol. The van der Waals surface area contributed by atoms with Crippen molar-refractivity contribution in [2.24, 2.45) is 0 Å². The van der Waals surface area contributed by atoms with Gasteiger partial charge >= 0.3 is 5.97 Å². The van der Waals surface area contributed by atoms with Crippen LogP contribution in [0.4, 0.5) is 0 Å². The fourth-order valence-corrected chi connectivity index (χ4v) is 1.81. The lowest BCUT2D eigenvalue weighted by Gasteiger charge is -2.24. The molecule has 0 bridgehead atoms. The molecule has 0 spiro atoms. The van der Waals surface area contributed by atoms with E-state index in [1.165, 1.54) is 14.0 Å². The van der Waals surface area contributed by atoms with Crippen LogP contribution >= 0.6 is 0 Å². The van der Waals surface area contributed by atoms with Crippen LogP contribution < -0.4 is 5.32 Å². The molecule has 1 N–H and O–H groups in total. The summed E-state index contributed by atoms with van der Waals surface area (Å²) in [6.45, 7) is 4.91. The van der Waals surface area contributed by atoms with Gasteiger partial charge in [0.05, 0.1) is 13.7 Å². The maximum atomic E-state index is 11.5. The molecule has 0 aromatic heterocycles. The van der Waals surface area contributed by atoms with Gasteiger partial charge in [0.1, 0.15) is 6.04 Å². The van der Waals surface area contributed by atoms with Gasteiger partial charge in [-0.05, 0) is 6.42 Å². The molecule has 1 aliphatic rings.